The lowest BCUT2D eigenvalue weighted by atomic mass is 10.1. The van der Waals surface area contributed by atoms with E-state index in [4.69, 9.17) is 9.47 Å². The molecule has 0 radical (unpaired) electrons. The minimum atomic E-state index is -0.0219. The Morgan fingerprint density at radius 2 is 1.89 bits per heavy atom. The van der Waals surface area contributed by atoms with E-state index < -0.39 is 0 Å². The van der Waals surface area contributed by atoms with Crippen LogP contribution in [-0.4, -0.2) is 36.6 Å². The van der Waals surface area contributed by atoms with Gasteiger partial charge in [-0.25, -0.2) is 0 Å². The smallest absolute Gasteiger partial charge is 0.253 e. The van der Waals surface area contributed by atoms with E-state index in [1.807, 2.05) is 48.6 Å². The van der Waals surface area contributed by atoms with Gasteiger partial charge in [-0.2, -0.15) is 0 Å². The van der Waals surface area contributed by atoms with Crippen molar-refractivity contribution in [1.29, 1.82) is 0 Å². The number of nitrogens with zero attached hydrogens (tertiary/aromatic N) is 1. The minimum Gasteiger partial charge on any atom is -0.493 e. The summed E-state index contributed by atoms with van der Waals surface area (Å²) in [6.07, 6.45) is 6.50. The van der Waals surface area contributed by atoms with Crippen LogP contribution in [0.2, 0.25) is 0 Å². The van der Waals surface area contributed by atoms with Crippen LogP contribution in [0, 0.1) is 0 Å². The van der Waals surface area contributed by atoms with Crippen LogP contribution in [-0.2, 0) is 6.42 Å². The number of amides is 1. The molecule has 1 aliphatic heterocycles. The van der Waals surface area contributed by atoms with E-state index in [1.165, 1.54) is 0 Å². The summed E-state index contributed by atoms with van der Waals surface area (Å²) in [4.78, 5) is 19.8. The largest absolute Gasteiger partial charge is 0.493 e. The predicted molar refractivity (Wildman–Crippen MR) is 109 cm³/mol. The number of carbonyl (C=O) groups excluding carboxylic acids is 1. The molecule has 142 valence electrons. The number of nitrogens with one attached hydrogen (secondary N) is 2. The monoisotopic (exact) mass is 375 g/mol. The van der Waals surface area contributed by atoms with Gasteiger partial charge in [0.15, 0.2) is 11.5 Å². The van der Waals surface area contributed by atoms with Crippen LogP contribution >= 0.6 is 0 Å². The molecule has 0 aliphatic carbocycles. The van der Waals surface area contributed by atoms with Crippen molar-refractivity contribution in [2.75, 3.05) is 20.8 Å². The van der Waals surface area contributed by atoms with E-state index in [-0.39, 0.29) is 5.91 Å². The molecule has 0 saturated heterocycles. The second kappa shape index (κ2) is 7.60. The number of aromatic amines is 1. The summed E-state index contributed by atoms with van der Waals surface area (Å²) in [6.45, 7) is 0.668. The molecule has 4 rings (SSSR count). The van der Waals surface area contributed by atoms with E-state index in [0.29, 0.717) is 18.0 Å². The van der Waals surface area contributed by atoms with Crippen LogP contribution in [0.4, 0.5) is 0 Å². The highest BCUT2D eigenvalue weighted by molar-refractivity contribution is 5.97. The third-order valence-electron chi connectivity index (χ3n) is 4.75. The Kier molecular flexibility index (Phi) is 4.85. The van der Waals surface area contributed by atoms with E-state index >= 15 is 0 Å². The Hall–Kier alpha value is -3.54. The lowest BCUT2D eigenvalue weighted by Crippen LogP contribution is -2.31. The fourth-order valence-corrected chi connectivity index (χ4v) is 3.29. The molecule has 28 heavy (non-hydrogen) atoms. The Balaban J connectivity index is 1.59. The quantitative estimate of drug-likeness (QED) is 0.715. The van der Waals surface area contributed by atoms with E-state index in [0.717, 1.165) is 40.2 Å². The normalized spacial score (nSPS) is 13.3. The summed E-state index contributed by atoms with van der Waals surface area (Å²) >= 11 is 0. The maximum atomic E-state index is 12.0. The van der Waals surface area contributed by atoms with Gasteiger partial charge in [-0.1, -0.05) is 12.1 Å². The van der Waals surface area contributed by atoms with Crippen LogP contribution < -0.4 is 14.8 Å². The summed E-state index contributed by atoms with van der Waals surface area (Å²) in [5, 5.41) is 2.87. The van der Waals surface area contributed by atoms with Gasteiger partial charge in [-0.15, -0.1) is 0 Å². The SMILES string of the molecule is COc1ccc(C=Cc2cc(-c3cc4c([nH]3)CCNC4=O)ccn2)cc1OC. The van der Waals surface area contributed by atoms with Gasteiger partial charge in [0.25, 0.3) is 5.91 Å². The fourth-order valence-electron chi connectivity index (χ4n) is 3.29. The third-order valence-corrected chi connectivity index (χ3v) is 4.75. The number of benzene rings is 1. The number of carbonyl (C=O) groups is 1. The molecular weight excluding hydrogens is 354 g/mol. The second-order valence-electron chi connectivity index (χ2n) is 6.50. The topological polar surface area (TPSA) is 76.2 Å². The number of hydrogen-bond acceptors (Lipinski definition) is 4. The molecule has 1 aliphatic rings. The van der Waals surface area contributed by atoms with Crippen LogP contribution in [0.25, 0.3) is 23.4 Å². The average molecular weight is 375 g/mol. The number of fused-ring (bicyclic) bond motifs is 1. The molecule has 1 aromatic carbocycles. The maximum absolute atomic E-state index is 12.0. The molecule has 0 unspecified atom stereocenters. The lowest BCUT2D eigenvalue weighted by molar-refractivity contribution is 0.0946. The third kappa shape index (κ3) is 3.49. The summed E-state index contributed by atoms with van der Waals surface area (Å²) < 4.78 is 10.6. The minimum absolute atomic E-state index is 0.0219. The Morgan fingerprint density at radius 1 is 1.04 bits per heavy atom. The first-order chi connectivity index (χ1) is 13.7. The first-order valence-corrected chi connectivity index (χ1v) is 9.04. The number of methoxy groups -OCH3 is 2. The molecule has 6 nitrogen and oxygen atoms in total. The van der Waals surface area contributed by atoms with Crippen LogP contribution in [0.1, 0.15) is 27.3 Å². The molecule has 1 amide bonds. The highest BCUT2D eigenvalue weighted by Gasteiger charge is 2.19. The number of aromatic nitrogens is 2. The van der Waals surface area contributed by atoms with Crippen molar-refractivity contribution in [3.05, 3.63) is 65.1 Å². The molecule has 0 spiro atoms. The van der Waals surface area contributed by atoms with Crippen molar-refractivity contribution in [3.63, 3.8) is 0 Å². The molecule has 0 bridgehead atoms. The first kappa shape index (κ1) is 17.9. The number of H-pyrrole nitrogens is 1. The molecule has 0 saturated carbocycles. The van der Waals surface area contributed by atoms with Crippen LogP contribution in [0.15, 0.2) is 42.6 Å². The molecular formula is C22H21N3O3. The number of pyridine rings is 1. The Morgan fingerprint density at radius 3 is 2.68 bits per heavy atom. The van der Waals surface area contributed by atoms with Gasteiger partial charge in [0.05, 0.1) is 25.5 Å². The summed E-state index contributed by atoms with van der Waals surface area (Å²) in [5.74, 6) is 1.35. The van der Waals surface area contributed by atoms with Crippen molar-refractivity contribution in [2.24, 2.45) is 0 Å². The molecule has 0 fully saturated rings. The van der Waals surface area contributed by atoms with Gasteiger partial charge in [-0.05, 0) is 42.0 Å². The van der Waals surface area contributed by atoms with Gasteiger partial charge in [0.2, 0.25) is 0 Å². The van der Waals surface area contributed by atoms with Crippen molar-refractivity contribution in [3.8, 4) is 22.8 Å². The fraction of sp³-hybridized carbons (Fsp3) is 0.182. The molecule has 3 heterocycles. The number of rotatable bonds is 5. The zero-order valence-electron chi connectivity index (χ0n) is 15.8. The number of ether oxygens (including phenoxy) is 2. The summed E-state index contributed by atoms with van der Waals surface area (Å²) in [6, 6.07) is 11.6. The van der Waals surface area contributed by atoms with Crippen molar-refractivity contribution < 1.29 is 14.3 Å². The van der Waals surface area contributed by atoms with E-state index in [1.54, 1.807) is 20.4 Å². The standard InChI is InChI=1S/C22H21N3O3/c1-27-20-6-4-14(11-21(20)28-2)3-5-16-12-15(7-9-23-16)19-13-17-18(25-19)8-10-24-22(17)26/h3-7,9,11-13,25H,8,10H2,1-2H3,(H,24,26). The Bertz CT molecular complexity index is 1050. The highest BCUT2D eigenvalue weighted by atomic mass is 16.5. The van der Waals surface area contributed by atoms with Crippen molar-refractivity contribution >= 4 is 18.1 Å². The Labute approximate surface area is 163 Å². The summed E-state index contributed by atoms with van der Waals surface area (Å²) in [5.41, 5.74) is 5.43. The first-order valence-electron chi connectivity index (χ1n) is 9.04. The van der Waals surface area contributed by atoms with Gasteiger partial charge < -0.3 is 19.8 Å². The second-order valence-corrected chi connectivity index (χ2v) is 6.50. The van der Waals surface area contributed by atoms with Crippen molar-refractivity contribution in [2.45, 2.75) is 6.42 Å². The molecule has 2 N–H and O–H groups in total. The summed E-state index contributed by atoms with van der Waals surface area (Å²) in [7, 11) is 3.23. The predicted octanol–water partition coefficient (Wildman–Crippen LogP) is 3.55. The lowest BCUT2D eigenvalue weighted by Gasteiger charge is -2.10. The van der Waals surface area contributed by atoms with E-state index in [2.05, 4.69) is 15.3 Å². The van der Waals surface area contributed by atoms with Crippen LogP contribution in [0.3, 0.4) is 0 Å². The van der Waals surface area contributed by atoms with Gasteiger partial charge >= 0.3 is 0 Å². The van der Waals surface area contributed by atoms with Crippen LogP contribution in [0.5, 0.6) is 11.5 Å². The number of hydrogen-bond donors (Lipinski definition) is 2. The van der Waals surface area contributed by atoms with E-state index in [9.17, 15) is 4.79 Å². The zero-order chi connectivity index (χ0) is 19.5. The van der Waals surface area contributed by atoms with Gasteiger partial charge in [0, 0.05) is 36.1 Å². The van der Waals surface area contributed by atoms with Crippen molar-refractivity contribution in [1.82, 2.24) is 15.3 Å². The molecule has 2 aromatic heterocycles. The highest BCUT2D eigenvalue weighted by Crippen LogP contribution is 2.28. The van der Waals surface area contributed by atoms with Gasteiger partial charge in [-0.3, -0.25) is 9.78 Å². The molecule has 0 atom stereocenters. The zero-order valence-corrected chi connectivity index (χ0v) is 15.8. The van der Waals surface area contributed by atoms with Gasteiger partial charge in [0.1, 0.15) is 0 Å². The molecule has 3 aromatic rings. The molecule has 6 heteroatoms. The maximum Gasteiger partial charge on any atom is 0.253 e. The average Bonchev–Trinajstić information content (AvgIpc) is 3.18.